The SMILES string of the molecule is [Pt+2].[c-]1c(Oc2cc(C3CCC3)ccn2)cccc1-c1[c-]c2c(cc1)c1ccccc1n2-c1cc(C2CCCCC2)ccn1. The second kappa shape index (κ2) is 12.1. The predicted molar refractivity (Wildman–Crippen MR) is 168 cm³/mol. The van der Waals surface area contributed by atoms with Gasteiger partial charge in [-0.05, 0) is 83.8 Å². The smallest absolute Gasteiger partial charge is 0.460 e. The van der Waals surface area contributed by atoms with E-state index in [4.69, 9.17) is 9.72 Å². The van der Waals surface area contributed by atoms with E-state index in [2.05, 4.69) is 88.4 Å². The van der Waals surface area contributed by atoms with E-state index >= 15 is 0 Å². The van der Waals surface area contributed by atoms with Crippen LogP contribution in [0.3, 0.4) is 0 Å². The van der Waals surface area contributed by atoms with E-state index < -0.39 is 0 Å². The van der Waals surface area contributed by atoms with Gasteiger partial charge in [-0.1, -0.05) is 49.3 Å². The maximum Gasteiger partial charge on any atom is 2.00 e. The van der Waals surface area contributed by atoms with Gasteiger partial charge in [-0.25, -0.2) is 21.1 Å². The molecule has 0 unspecified atom stereocenters. The van der Waals surface area contributed by atoms with Crippen molar-refractivity contribution in [2.24, 2.45) is 0 Å². The largest absolute Gasteiger partial charge is 2.00 e. The van der Waals surface area contributed by atoms with E-state index in [-0.39, 0.29) is 21.1 Å². The van der Waals surface area contributed by atoms with Crippen molar-refractivity contribution >= 4 is 21.8 Å². The molecule has 0 radical (unpaired) electrons. The van der Waals surface area contributed by atoms with Crippen molar-refractivity contribution in [3.63, 3.8) is 0 Å². The van der Waals surface area contributed by atoms with Gasteiger partial charge in [0.1, 0.15) is 5.82 Å². The molecule has 0 aliphatic heterocycles. The fraction of sp³-hybridized carbons (Fsp3) is 0.263. The van der Waals surface area contributed by atoms with Gasteiger partial charge in [-0.3, -0.25) is 0 Å². The predicted octanol–water partition coefficient (Wildman–Crippen LogP) is 9.95. The number of hydrogen-bond acceptors (Lipinski definition) is 3. The Balaban J connectivity index is 0.00000300. The van der Waals surface area contributed by atoms with Crippen molar-refractivity contribution in [3.8, 4) is 28.6 Å². The van der Waals surface area contributed by atoms with E-state index in [1.165, 1.54) is 73.3 Å². The molecule has 3 aromatic heterocycles. The maximum absolute atomic E-state index is 6.20. The number of fused-ring (bicyclic) bond motifs is 3. The van der Waals surface area contributed by atoms with Crippen molar-refractivity contribution in [2.75, 3.05) is 0 Å². The summed E-state index contributed by atoms with van der Waals surface area (Å²) >= 11 is 0. The zero-order chi connectivity index (χ0) is 27.9. The first-order chi connectivity index (χ1) is 20.8. The van der Waals surface area contributed by atoms with Crippen molar-refractivity contribution in [1.82, 2.24) is 14.5 Å². The number of para-hydroxylation sites is 1. The first-order valence-corrected chi connectivity index (χ1v) is 15.4. The van der Waals surface area contributed by atoms with Crippen LogP contribution in [0, 0.1) is 12.1 Å². The van der Waals surface area contributed by atoms with E-state index in [1.807, 2.05) is 24.5 Å². The van der Waals surface area contributed by atoms with E-state index in [0.717, 1.165) is 28.0 Å². The van der Waals surface area contributed by atoms with Gasteiger partial charge in [-0.15, -0.1) is 18.2 Å². The first-order valence-electron chi connectivity index (χ1n) is 15.4. The molecule has 216 valence electrons. The monoisotopic (exact) mass is 742 g/mol. The average molecular weight is 743 g/mol. The van der Waals surface area contributed by atoms with Crippen LogP contribution < -0.4 is 4.74 Å². The molecule has 43 heavy (non-hydrogen) atoms. The minimum Gasteiger partial charge on any atom is -0.460 e. The summed E-state index contributed by atoms with van der Waals surface area (Å²) in [6, 6.07) is 34.9. The van der Waals surface area contributed by atoms with Gasteiger partial charge in [-0.2, -0.15) is 24.3 Å². The molecule has 6 aromatic rings. The van der Waals surface area contributed by atoms with Gasteiger partial charge in [0, 0.05) is 29.7 Å². The summed E-state index contributed by atoms with van der Waals surface area (Å²) in [7, 11) is 0. The Hall–Kier alpha value is -3.75. The van der Waals surface area contributed by atoms with Crippen LogP contribution in [-0.2, 0) is 21.1 Å². The number of rotatable bonds is 6. The van der Waals surface area contributed by atoms with E-state index in [9.17, 15) is 0 Å². The second-order valence-corrected chi connectivity index (χ2v) is 11.9. The van der Waals surface area contributed by atoms with Crippen LogP contribution in [0.25, 0.3) is 38.8 Å². The van der Waals surface area contributed by atoms with Crippen LogP contribution in [0.2, 0.25) is 0 Å². The molecule has 0 saturated heterocycles. The second-order valence-electron chi connectivity index (χ2n) is 11.9. The molecule has 8 rings (SSSR count). The fourth-order valence-corrected chi connectivity index (χ4v) is 6.79. The molecule has 3 heterocycles. The molecule has 2 aliphatic carbocycles. The maximum atomic E-state index is 6.20. The van der Waals surface area contributed by atoms with Crippen LogP contribution in [0.4, 0.5) is 0 Å². The third-order valence-corrected chi connectivity index (χ3v) is 9.27. The molecule has 5 heteroatoms. The zero-order valence-corrected chi connectivity index (χ0v) is 26.3. The Kier molecular flexibility index (Phi) is 7.89. The molecule has 2 fully saturated rings. The van der Waals surface area contributed by atoms with Gasteiger partial charge < -0.3 is 9.30 Å². The molecular formula is C38H33N3OPt. The fourth-order valence-electron chi connectivity index (χ4n) is 6.79. The van der Waals surface area contributed by atoms with Gasteiger partial charge >= 0.3 is 21.1 Å². The molecule has 0 amide bonds. The van der Waals surface area contributed by atoms with Crippen molar-refractivity contribution in [3.05, 3.63) is 115 Å². The Bertz CT molecular complexity index is 1900. The number of benzene rings is 3. The quantitative estimate of drug-likeness (QED) is 0.160. The normalized spacial score (nSPS) is 15.7. The molecule has 0 bridgehead atoms. The van der Waals surface area contributed by atoms with Gasteiger partial charge in [0.2, 0.25) is 5.88 Å². The van der Waals surface area contributed by atoms with Crippen molar-refractivity contribution in [1.29, 1.82) is 0 Å². The molecule has 0 spiro atoms. The van der Waals surface area contributed by atoms with Crippen LogP contribution in [-0.4, -0.2) is 14.5 Å². The van der Waals surface area contributed by atoms with E-state index in [1.54, 1.807) is 0 Å². The number of pyridine rings is 2. The summed E-state index contributed by atoms with van der Waals surface area (Å²) < 4.78 is 8.48. The summed E-state index contributed by atoms with van der Waals surface area (Å²) in [6.07, 6.45) is 14.2. The number of ether oxygens (including phenoxy) is 1. The molecule has 2 aliphatic rings. The first kappa shape index (κ1) is 28.0. The topological polar surface area (TPSA) is 39.9 Å². The van der Waals surface area contributed by atoms with Crippen molar-refractivity contribution < 1.29 is 25.8 Å². The summed E-state index contributed by atoms with van der Waals surface area (Å²) in [5.74, 6) is 3.49. The van der Waals surface area contributed by atoms with Gasteiger partial charge in [0.05, 0.1) is 0 Å². The summed E-state index contributed by atoms with van der Waals surface area (Å²) in [5, 5.41) is 2.38. The Morgan fingerprint density at radius 1 is 0.651 bits per heavy atom. The third-order valence-electron chi connectivity index (χ3n) is 9.27. The minimum absolute atomic E-state index is 0. The number of nitrogens with zero attached hydrogens (tertiary/aromatic N) is 3. The molecule has 2 saturated carbocycles. The Labute approximate surface area is 267 Å². The van der Waals surface area contributed by atoms with Gasteiger partial charge in [0.15, 0.2) is 0 Å². The van der Waals surface area contributed by atoms with Crippen LogP contribution in [0.1, 0.15) is 74.3 Å². The molecule has 0 N–H and O–H groups in total. The van der Waals surface area contributed by atoms with Crippen LogP contribution in [0.15, 0.2) is 91.3 Å². The van der Waals surface area contributed by atoms with Gasteiger partial charge in [0.25, 0.3) is 0 Å². The van der Waals surface area contributed by atoms with E-state index in [0.29, 0.717) is 23.5 Å². The third kappa shape index (κ3) is 5.43. The van der Waals surface area contributed by atoms with Crippen LogP contribution in [0.5, 0.6) is 11.6 Å². The van der Waals surface area contributed by atoms with Crippen molar-refractivity contribution in [2.45, 2.75) is 63.2 Å². The minimum atomic E-state index is 0. The molecule has 0 atom stereocenters. The zero-order valence-electron chi connectivity index (χ0n) is 24.0. The summed E-state index contributed by atoms with van der Waals surface area (Å²) in [4.78, 5) is 9.35. The number of hydrogen-bond donors (Lipinski definition) is 0. The summed E-state index contributed by atoms with van der Waals surface area (Å²) in [5.41, 5.74) is 6.79. The Morgan fingerprint density at radius 3 is 2.21 bits per heavy atom. The van der Waals surface area contributed by atoms with Crippen LogP contribution >= 0.6 is 0 Å². The summed E-state index contributed by atoms with van der Waals surface area (Å²) in [6.45, 7) is 0. The molecular weight excluding hydrogens is 710 g/mol. The molecule has 3 aromatic carbocycles. The standard InChI is InChI=1S/C38H33N3O.Pt/c1-2-8-26(9-3-1)30-18-20-39-37(24-30)41-35-15-5-4-14-33(35)34-17-16-29(23-36(34)41)28-12-7-13-32(22-28)42-38-25-31(19-21-40-38)27-10-6-11-27;/h4-5,7,12-21,24-27H,1-3,6,8-11H2;/q-2;+2. The average Bonchev–Trinajstić information content (AvgIpc) is 3.35. The Morgan fingerprint density at radius 2 is 1.40 bits per heavy atom. The molecule has 4 nitrogen and oxygen atoms in total. The number of aromatic nitrogens is 3.